The lowest BCUT2D eigenvalue weighted by atomic mass is 10.1. The summed E-state index contributed by atoms with van der Waals surface area (Å²) >= 11 is 0. The minimum absolute atomic E-state index is 0.721. The number of rotatable bonds is 4. The molecule has 0 spiro atoms. The summed E-state index contributed by atoms with van der Waals surface area (Å²) in [4.78, 5) is 4.38. The van der Waals surface area contributed by atoms with E-state index in [0.717, 1.165) is 34.4 Å². The molecule has 0 amide bonds. The summed E-state index contributed by atoms with van der Waals surface area (Å²) in [6.07, 6.45) is 1.82. The number of hydrogen-bond acceptors (Lipinski definition) is 3. The number of aromatic nitrogens is 1. The minimum Gasteiger partial charge on any atom is -0.496 e. The Morgan fingerprint density at radius 3 is 2.86 bits per heavy atom. The summed E-state index contributed by atoms with van der Waals surface area (Å²) < 4.78 is 5.42. The van der Waals surface area contributed by atoms with E-state index in [1.54, 1.807) is 7.11 Å². The third kappa shape index (κ3) is 2.82. The maximum Gasteiger partial charge on any atom is 0.123 e. The molecule has 0 aliphatic carbocycles. The molecule has 0 saturated carbocycles. The maximum atomic E-state index is 5.42. The van der Waals surface area contributed by atoms with E-state index in [1.807, 2.05) is 30.5 Å². The fourth-order valence-electron chi connectivity index (χ4n) is 2.49. The Balaban J connectivity index is 1.89. The van der Waals surface area contributed by atoms with Crippen molar-refractivity contribution in [1.29, 1.82) is 0 Å². The Bertz CT molecular complexity index is 763. The number of ether oxygens (including phenoxy) is 1. The predicted octanol–water partition coefficient (Wildman–Crippen LogP) is 4.16. The molecule has 0 radical (unpaired) electrons. The Hall–Kier alpha value is -2.55. The van der Waals surface area contributed by atoms with Crippen LogP contribution < -0.4 is 10.1 Å². The van der Waals surface area contributed by atoms with E-state index in [-0.39, 0.29) is 0 Å². The SMILES string of the molecule is COc1ccc(C)cc1CNc1cccc2ncccc12. The second-order valence-electron chi connectivity index (χ2n) is 5.04. The number of fused-ring (bicyclic) bond motifs is 1. The average molecular weight is 278 g/mol. The van der Waals surface area contributed by atoms with Gasteiger partial charge in [0, 0.05) is 29.4 Å². The summed E-state index contributed by atoms with van der Waals surface area (Å²) in [7, 11) is 1.70. The van der Waals surface area contributed by atoms with Gasteiger partial charge >= 0.3 is 0 Å². The fourth-order valence-corrected chi connectivity index (χ4v) is 2.49. The van der Waals surface area contributed by atoms with Crippen molar-refractivity contribution in [2.75, 3.05) is 12.4 Å². The monoisotopic (exact) mass is 278 g/mol. The zero-order valence-electron chi connectivity index (χ0n) is 12.3. The Morgan fingerprint density at radius 1 is 1.10 bits per heavy atom. The Morgan fingerprint density at radius 2 is 2.00 bits per heavy atom. The molecule has 0 unspecified atom stereocenters. The molecular weight excluding hydrogens is 260 g/mol. The second-order valence-corrected chi connectivity index (χ2v) is 5.04. The molecule has 0 aliphatic heterocycles. The van der Waals surface area contributed by atoms with Gasteiger partial charge in [-0.2, -0.15) is 0 Å². The van der Waals surface area contributed by atoms with Crippen LogP contribution in [0.5, 0.6) is 5.75 Å². The van der Waals surface area contributed by atoms with E-state index >= 15 is 0 Å². The van der Waals surface area contributed by atoms with Crippen LogP contribution in [0.3, 0.4) is 0 Å². The van der Waals surface area contributed by atoms with E-state index in [0.29, 0.717) is 0 Å². The smallest absolute Gasteiger partial charge is 0.123 e. The highest BCUT2D eigenvalue weighted by atomic mass is 16.5. The number of anilines is 1. The van der Waals surface area contributed by atoms with Crippen molar-refractivity contribution < 1.29 is 4.74 Å². The first-order chi connectivity index (χ1) is 10.3. The van der Waals surface area contributed by atoms with Gasteiger partial charge in [0.1, 0.15) is 5.75 Å². The first-order valence-corrected chi connectivity index (χ1v) is 6.99. The standard InChI is InChI=1S/C18H18N2O/c1-13-8-9-18(21-2)14(11-13)12-20-17-7-3-6-16-15(17)5-4-10-19-16/h3-11,20H,12H2,1-2H3. The summed E-state index contributed by atoms with van der Waals surface area (Å²) in [5.41, 5.74) is 4.47. The van der Waals surface area contributed by atoms with Crippen LogP contribution in [0.15, 0.2) is 54.7 Å². The molecular formula is C18H18N2O. The molecule has 0 atom stereocenters. The van der Waals surface area contributed by atoms with Crippen molar-refractivity contribution in [1.82, 2.24) is 4.98 Å². The van der Waals surface area contributed by atoms with E-state index < -0.39 is 0 Å². The van der Waals surface area contributed by atoms with Crippen molar-refractivity contribution in [3.8, 4) is 5.75 Å². The number of aryl methyl sites for hydroxylation is 1. The lowest BCUT2D eigenvalue weighted by Crippen LogP contribution is -2.02. The van der Waals surface area contributed by atoms with E-state index in [4.69, 9.17) is 4.74 Å². The molecule has 3 rings (SSSR count). The summed E-state index contributed by atoms with van der Waals surface area (Å²) in [5.74, 6) is 0.909. The van der Waals surface area contributed by atoms with E-state index in [9.17, 15) is 0 Å². The van der Waals surface area contributed by atoms with Crippen molar-refractivity contribution in [3.05, 3.63) is 65.9 Å². The molecule has 0 fully saturated rings. The molecule has 2 aromatic carbocycles. The quantitative estimate of drug-likeness (QED) is 0.778. The molecule has 3 nitrogen and oxygen atoms in total. The van der Waals surface area contributed by atoms with Gasteiger partial charge in [0.25, 0.3) is 0 Å². The van der Waals surface area contributed by atoms with Crippen LogP contribution in [-0.4, -0.2) is 12.1 Å². The molecule has 21 heavy (non-hydrogen) atoms. The van der Waals surface area contributed by atoms with Gasteiger partial charge in [0.2, 0.25) is 0 Å². The number of benzene rings is 2. The van der Waals surface area contributed by atoms with Gasteiger partial charge in [-0.25, -0.2) is 0 Å². The van der Waals surface area contributed by atoms with Gasteiger partial charge in [-0.3, -0.25) is 4.98 Å². The van der Waals surface area contributed by atoms with Crippen molar-refractivity contribution in [2.24, 2.45) is 0 Å². The number of methoxy groups -OCH3 is 1. The summed E-state index contributed by atoms with van der Waals surface area (Å²) in [5, 5.41) is 4.62. The van der Waals surface area contributed by atoms with Gasteiger partial charge < -0.3 is 10.1 Å². The molecule has 3 aromatic rings. The topological polar surface area (TPSA) is 34.1 Å². The molecule has 3 heteroatoms. The fraction of sp³-hybridized carbons (Fsp3) is 0.167. The zero-order valence-corrected chi connectivity index (χ0v) is 12.3. The molecule has 1 aromatic heterocycles. The van der Waals surface area contributed by atoms with Gasteiger partial charge in [0.05, 0.1) is 12.6 Å². The molecule has 0 aliphatic rings. The van der Waals surface area contributed by atoms with Crippen molar-refractivity contribution in [2.45, 2.75) is 13.5 Å². The van der Waals surface area contributed by atoms with Gasteiger partial charge in [0.15, 0.2) is 0 Å². The summed E-state index contributed by atoms with van der Waals surface area (Å²) in [6, 6.07) is 16.4. The van der Waals surface area contributed by atoms with Crippen LogP contribution in [0.4, 0.5) is 5.69 Å². The van der Waals surface area contributed by atoms with Gasteiger partial charge in [-0.1, -0.05) is 23.8 Å². The normalized spacial score (nSPS) is 10.6. The number of nitrogens with zero attached hydrogens (tertiary/aromatic N) is 1. The van der Waals surface area contributed by atoms with Gasteiger partial charge in [-0.05, 0) is 37.3 Å². The first kappa shape index (κ1) is 13.4. The minimum atomic E-state index is 0.721. The van der Waals surface area contributed by atoms with Crippen LogP contribution in [-0.2, 0) is 6.54 Å². The molecule has 0 bridgehead atoms. The molecule has 1 heterocycles. The molecule has 1 N–H and O–H groups in total. The highest BCUT2D eigenvalue weighted by Crippen LogP contribution is 2.24. The predicted molar refractivity (Wildman–Crippen MR) is 86.8 cm³/mol. The Labute approximate surface area is 124 Å². The number of hydrogen-bond donors (Lipinski definition) is 1. The van der Waals surface area contributed by atoms with Crippen molar-refractivity contribution in [3.63, 3.8) is 0 Å². The largest absolute Gasteiger partial charge is 0.496 e. The second kappa shape index (κ2) is 5.83. The van der Waals surface area contributed by atoms with Crippen LogP contribution in [0.25, 0.3) is 10.9 Å². The number of nitrogens with one attached hydrogen (secondary N) is 1. The molecule has 0 saturated heterocycles. The first-order valence-electron chi connectivity index (χ1n) is 6.99. The highest BCUT2D eigenvalue weighted by molar-refractivity contribution is 5.91. The molecule has 106 valence electrons. The third-order valence-electron chi connectivity index (χ3n) is 3.55. The van der Waals surface area contributed by atoms with Crippen LogP contribution >= 0.6 is 0 Å². The van der Waals surface area contributed by atoms with E-state index in [1.165, 1.54) is 5.56 Å². The van der Waals surface area contributed by atoms with Crippen molar-refractivity contribution >= 4 is 16.6 Å². The van der Waals surface area contributed by atoms with Crippen LogP contribution in [0.2, 0.25) is 0 Å². The van der Waals surface area contributed by atoms with E-state index in [2.05, 4.69) is 41.5 Å². The number of pyridine rings is 1. The Kier molecular flexibility index (Phi) is 3.73. The summed E-state index contributed by atoms with van der Waals surface area (Å²) in [6.45, 7) is 2.81. The highest BCUT2D eigenvalue weighted by Gasteiger charge is 2.05. The lowest BCUT2D eigenvalue weighted by Gasteiger charge is -2.13. The maximum absolute atomic E-state index is 5.42. The lowest BCUT2D eigenvalue weighted by molar-refractivity contribution is 0.410. The third-order valence-corrected chi connectivity index (χ3v) is 3.55. The average Bonchev–Trinajstić information content (AvgIpc) is 2.53. The van der Waals surface area contributed by atoms with Gasteiger partial charge in [-0.15, -0.1) is 0 Å². The van der Waals surface area contributed by atoms with Crippen LogP contribution in [0, 0.1) is 6.92 Å². The zero-order chi connectivity index (χ0) is 14.7. The van der Waals surface area contributed by atoms with Crippen LogP contribution in [0.1, 0.15) is 11.1 Å².